The van der Waals surface area contributed by atoms with Crippen molar-refractivity contribution in [3.8, 4) is 11.1 Å². The molecular formula is C13H15N3. The van der Waals surface area contributed by atoms with E-state index in [0.717, 1.165) is 28.2 Å². The van der Waals surface area contributed by atoms with Crippen LogP contribution in [0.3, 0.4) is 0 Å². The van der Waals surface area contributed by atoms with Gasteiger partial charge in [-0.1, -0.05) is 24.3 Å². The van der Waals surface area contributed by atoms with Crippen molar-refractivity contribution in [2.24, 2.45) is 0 Å². The Morgan fingerprint density at radius 2 is 1.75 bits per heavy atom. The highest BCUT2D eigenvalue weighted by Crippen LogP contribution is 2.32. The first kappa shape index (κ1) is 10.4. The zero-order valence-corrected chi connectivity index (χ0v) is 9.20. The Morgan fingerprint density at radius 3 is 2.44 bits per heavy atom. The summed E-state index contributed by atoms with van der Waals surface area (Å²) < 4.78 is 0. The summed E-state index contributed by atoms with van der Waals surface area (Å²) in [6.07, 6.45) is 0. The summed E-state index contributed by atoms with van der Waals surface area (Å²) in [5, 5.41) is 3.12. The summed E-state index contributed by atoms with van der Waals surface area (Å²) in [6, 6.07) is 13.6. The van der Waals surface area contributed by atoms with Gasteiger partial charge in [0.15, 0.2) is 0 Å². The van der Waals surface area contributed by atoms with Gasteiger partial charge in [-0.2, -0.15) is 0 Å². The predicted octanol–water partition coefficient (Wildman–Crippen LogP) is 2.56. The van der Waals surface area contributed by atoms with Crippen molar-refractivity contribution in [3.05, 3.63) is 42.5 Å². The summed E-state index contributed by atoms with van der Waals surface area (Å²) >= 11 is 0. The van der Waals surface area contributed by atoms with Crippen LogP contribution in [0.1, 0.15) is 0 Å². The summed E-state index contributed by atoms with van der Waals surface area (Å²) in [5.74, 6) is 0. The maximum atomic E-state index is 5.91. The first-order chi connectivity index (χ1) is 7.72. The van der Waals surface area contributed by atoms with Crippen LogP contribution in [0.25, 0.3) is 11.1 Å². The third-order valence-corrected chi connectivity index (χ3v) is 2.54. The number of benzene rings is 2. The fourth-order valence-electron chi connectivity index (χ4n) is 1.80. The van der Waals surface area contributed by atoms with Gasteiger partial charge in [0.1, 0.15) is 0 Å². The lowest BCUT2D eigenvalue weighted by molar-refractivity contribution is 1.50. The average molecular weight is 213 g/mol. The van der Waals surface area contributed by atoms with Crippen LogP contribution in [0.15, 0.2) is 42.5 Å². The zero-order chi connectivity index (χ0) is 11.5. The van der Waals surface area contributed by atoms with Crippen molar-refractivity contribution >= 4 is 17.1 Å². The van der Waals surface area contributed by atoms with Gasteiger partial charge in [0, 0.05) is 18.3 Å². The number of hydrogen-bond acceptors (Lipinski definition) is 3. The molecule has 0 heterocycles. The third-order valence-electron chi connectivity index (χ3n) is 2.54. The third kappa shape index (κ3) is 1.80. The fourth-order valence-corrected chi connectivity index (χ4v) is 1.80. The van der Waals surface area contributed by atoms with E-state index in [1.807, 2.05) is 49.5 Å². The van der Waals surface area contributed by atoms with E-state index in [1.165, 1.54) is 0 Å². The van der Waals surface area contributed by atoms with Crippen molar-refractivity contribution < 1.29 is 0 Å². The predicted molar refractivity (Wildman–Crippen MR) is 70.2 cm³/mol. The molecule has 0 unspecified atom stereocenters. The SMILES string of the molecule is CNc1c(N)cccc1-c1cccc(N)c1. The summed E-state index contributed by atoms with van der Waals surface area (Å²) in [7, 11) is 1.86. The van der Waals surface area contributed by atoms with Gasteiger partial charge in [0.05, 0.1) is 11.4 Å². The Balaban J connectivity index is 2.60. The van der Waals surface area contributed by atoms with E-state index in [0.29, 0.717) is 0 Å². The zero-order valence-electron chi connectivity index (χ0n) is 9.20. The van der Waals surface area contributed by atoms with Gasteiger partial charge in [0.2, 0.25) is 0 Å². The van der Waals surface area contributed by atoms with Crippen molar-refractivity contribution in [2.75, 3.05) is 23.8 Å². The van der Waals surface area contributed by atoms with E-state index in [4.69, 9.17) is 11.5 Å². The molecule has 0 spiro atoms. The van der Waals surface area contributed by atoms with Gasteiger partial charge in [-0.05, 0) is 23.8 Å². The highest BCUT2D eigenvalue weighted by atomic mass is 14.9. The molecule has 0 fully saturated rings. The molecule has 0 aliphatic heterocycles. The molecule has 3 nitrogen and oxygen atoms in total. The van der Waals surface area contributed by atoms with Crippen molar-refractivity contribution in [1.82, 2.24) is 0 Å². The second-order valence-electron chi connectivity index (χ2n) is 3.65. The van der Waals surface area contributed by atoms with Crippen LogP contribution in [-0.4, -0.2) is 7.05 Å². The van der Waals surface area contributed by atoms with Crippen molar-refractivity contribution in [3.63, 3.8) is 0 Å². The van der Waals surface area contributed by atoms with Crippen LogP contribution in [0, 0.1) is 0 Å². The second kappa shape index (κ2) is 4.14. The molecule has 2 aromatic carbocycles. The molecule has 0 saturated heterocycles. The lowest BCUT2D eigenvalue weighted by Gasteiger charge is -2.12. The van der Waals surface area contributed by atoms with Crippen molar-refractivity contribution in [2.45, 2.75) is 0 Å². The molecule has 2 aromatic rings. The topological polar surface area (TPSA) is 64.1 Å². The fraction of sp³-hybridized carbons (Fsp3) is 0.0769. The molecule has 0 aliphatic rings. The first-order valence-electron chi connectivity index (χ1n) is 5.14. The number of nitrogen functional groups attached to an aromatic ring is 2. The summed E-state index contributed by atoms with van der Waals surface area (Å²) in [5.41, 5.74) is 16.2. The Kier molecular flexibility index (Phi) is 2.68. The van der Waals surface area contributed by atoms with Crippen LogP contribution in [-0.2, 0) is 0 Å². The molecular weight excluding hydrogens is 198 g/mol. The summed E-state index contributed by atoms with van der Waals surface area (Å²) in [6.45, 7) is 0. The highest BCUT2D eigenvalue weighted by molar-refractivity contribution is 5.86. The van der Waals surface area contributed by atoms with Crippen molar-refractivity contribution in [1.29, 1.82) is 0 Å². The minimum Gasteiger partial charge on any atom is -0.399 e. The molecule has 0 aromatic heterocycles. The first-order valence-corrected chi connectivity index (χ1v) is 5.14. The van der Waals surface area contributed by atoms with E-state index in [9.17, 15) is 0 Å². The molecule has 82 valence electrons. The smallest absolute Gasteiger partial charge is 0.0650 e. The molecule has 3 heteroatoms. The number of hydrogen-bond donors (Lipinski definition) is 3. The van der Waals surface area contributed by atoms with Gasteiger partial charge in [-0.15, -0.1) is 0 Å². The van der Waals surface area contributed by atoms with Gasteiger partial charge in [-0.3, -0.25) is 0 Å². The maximum Gasteiger partial charge on any atom is 0.0650 e. The summed E-state index contributed by atoms with van der Waals surface area (Å²) in [4.78, 5) is 0. The lowest BCUT2D eigenvalue weighted by Crippen LogP contribution is -1.98. The van der Waals surface area contributed by atoms with Crippen LogP contribution in [0.4, 0.5) is 17.1 Å². The number of nitrogens with one attached hydrogen (secondary N) is 1. The minimum atomic E-state index is 0.738. The van der Waals surface area contributed by atoms with E-state index >= 15 is 0 Å². The molecule has 0 amide bonds. The lowest BCUT2D eigenvalue weighted by atomic mass is 10.0. The number of rotatable bonds is 2. The van der Waals surface area contributed by atoms with Crippen LogP contribution >= 0.6 is 0 Å². The Morgan fingerprint density at radius 1 is 1.00 bits per heavy atom. The molecule has 0 radical (unpaired) electrons. The molecule has 16 heavy (non-hydrogen) atoms. The highest BCUT2D eigenvalue weighted by Gasteiger charge is 2.06. The van der Waals surface area contributed by atoms with E-state index in [-0.39, 0.29) is 0 Å². The standard InChI is InChI=1S/C13H15N3/c1-16-13-11(6-3-7-12(13)15)9-4-2-5-10(14)8-9/h2-8,16H,14-15H2,1H3. The largest absolute Gasteiger partial charge is 0.399 e. The number of nitrogens with two attached hydrogens (primary N) is 2. The molecule has 0 atom stereocenters. The maximum absolute atomic E-state index is 5.91. The van der Waals surface area contributed by atoms with Gasteiger partial charge in [0.25, 0.3) is 0 Å². The monoisotopic (exact) mass is 213 g/mol. The normalized spacial score (nSPS) is 10.1. The van der Waals surface area contributed by atoms with Crippen LogP contribution in [0.2, 0.25) is 0 Å². The van der Waals surface area contributed by atoms with E-state index in [2.05, 4.69) is 5.32 Å². The molecule has 0 saturated carbocycles. The Hall–Kier alpha value is -2.16. The number of para-hydroxylation sites is 1. The van der Waals surface area contributed by atoms with Crippen LogP contribution < -0.4 is 16.8 Å². The van der Waals surface area contributed by atoms with Gasteiger partial charge < -0.3 is 16.8 Å². The van der Waals surface area contributed by atoms with E-state index in [1.54, 1.807) is 0 Å². The molecule has 0 aliphatic carbocycles. The number of anilines is 3. The van der Waals surface area contributed by atoms with E-state index < -0.39 is 0 Å². The quantitative estimate of drug-likeness (QED) is 0.672. The minimum absolute atomic E-state index is 0.738. The Labute approximate surface area is 95.1 Å². The molecule has 5 N–H and O–H groups in total. The Bertz CT molecular complexity index is 506. The van der Waals surface area contributed by atoms with Gasteiger partial charge in [-0.25, -0.2) is 0 Å². The molecule has 0 bridgehead atoms. The van der Waals surface area contributed by atoms with Gasteiger partial charge >= 0.3 is 0 Å². The average Bonchev–Trinajstić information content (AvgIpc) is 2.28. The van der Waals surface area contributed by atoms with Crippen LogP contribution in [0.5, 0.6) is 0 Å². The molecule has 2 rings (SSSR count). The second-order valence-corrected chi connectivity index (χ2v) is 3.65.